The molecule has 5 rings (SSSR count). The van der Waals surface area contributed by atoms with Gasteiger partial charge in [-0.3, -0.25) is 0 Å². The van der Waals surface area contributed by atoms with Crippen molar-refractivity contribution in [1.82, 2.24) is 0 Å². The molecule has 5 unspecified atom stereocenters. The van der Waals surface area contributed by atoms with Crippen LogP contribution < -0.4 is 10.4 Å². The molecule has 0 amide bonds. The van der Waals surface area contributed by atoms with Crippen LogP contribution in [0.1, 0.15) is 46.1 Å². The van der Waals surface area contributed by atoms with E-state index in [1.807, 2.05) is 0 Å². The van der Waals surface area contributed by atoms with Gasteiger partial charge in [0.2, 0.25) is 0 Å². The molecule has 4 heteroatoms. The summed E-state index contributed by atoms with van der Waals surface area (Å²) in [6.07, 6.45) is 0. The Hall–Kier alpha value is -1.10. The zero-order chi connectivity index (χ0) is 22.5. The van der Waals surface area contributed by atoms with Crippen molar-refractivity contribution in [2.24, 2.45) is 11.8 Å². The molecule has 1 aliphatic heterocycles. The third-order valence-corrected chi connectivity index (χ3v) is 14.7. The van der Waals surface area contributed by atoms with Crippen molar-refractivity contribution in [3.05, 3.63) is 118 Å². The predicted molar refractivity (Wildman–Crippen MR) is 161 cm³/mol. The monoisotopic (exact) mass is 549 g/mol. The average molecular weight is 550 g/mol. The van der Waals surface area contributed by atoms with E-state index in [0.717, 1.165) is 0 Å². The van der Waals surface area contributed by atoms with Crippen LogP contribution >= 0.6 is 11.8 Å². The molecule has 190 valence electrons. The fraction of sp³-hybridized carbons (Fsp3) is 0.344. The summed E-state index contributed by atoms with van der Waals surface area (Å²) >= 11 is 2.14. The van der Waals surface area contributed by atoms with Crippen molar-refractivity contribution in [3.8, 4) is 0 Å². The molecule has 1 aliphatic carbocycles. The number of thioether (sulfide) groups is 1. The van der Waals surface area contributed by atoms with Crippen LogP contribution in [0.5, 0.6) is 0 Å². The number of nitrogens with zero attached hydrogens (tertiary/aromatic N) is 1. The summed E-state index contributed by atoms with van der Waals surface area (Å²) in [6.45, 7) is 11.9. The topological polar surface area (TPSA) is 14.1 Å². The Morgan fingerprint density at radius 2 is 1.17 bits per heavy atom. The van der Waals surface area contributed by atoms with Gasteiger partial charge in [0, 0.05) is 18.4 Å². The summed E-state index contributed by atoms with van der Waals surface area (Å²) < 4.78 is 0. The van der Waals surface area contributed by atoms with E-state index < -0.39 is 8.24 Å². The minimum atomic E-state index is -2.48. The first kappa shape index (κ1) is 32.9. The Labute approximate surface area is 242 Å². The first-order valence-corrected chi connectivity index (χ1v) is 14.8. The maximum Gasteiger partial charge on any atom is 4.00 e. The summed E-state index contributed by atoms with van der Waals surface area (Å²) in [5.41, 5.74) is 2.02. The SMILES string of the molecule is CC1C(C)C([Si]([N-]C(C)(C)C)(c2ccccc2)c2ccccc2)C2Sc3ccccc3C12.[CH3-].[CH3-].[CH3-].[Ti+4]. The van der Waals surface area contributed by atoms with Crippen LogP contribution in [0.2, 0.25) is 5.54 Å². The molecule has 0 radical (unpaired) electrons. The molecule has 2 aliphatic rings. The van der Waals surface area contributed by atoms with Crippen LogP contribution in [0.25, 0.3) is 4.98 Å². The van der Waals surface area contributed by atoms with Crippen molar-refractivity contribution in [3.63, 3.8) is 0 Å². The summed E-state index contributed by atoms with van der Waals surface area (Å²) in [7, 11) is -2.48. The van der Waals surface area contributed by atoms with E-state index in [1.165, 1.54) is 15.3 Å². The summed E-state index contributed by atoms with van der Waals surface area (Å²) in [5.74, 6) is 1.88. The van der Waals surface area contributed by atoms with E-state index in [9.17, 15) is 0 Å². The molecule has 3 aromatic rings. The van der Waals surface area contributed by atoms with Gasteiger partial charge in [0.15, 0.2) is 0 Å². The molecule has 1 heterocycles. The van der Waals surface area contributed by atoms with E-state index in [2.05, 4.69) is 131 Å². The Morgan fingerprint density at radius 3 is 1.67 bits per heavy atom. The normalized spacial score (nSPS) is 24.2. The van der Waals surface area contributed by atoms with Gasteiger partial charge >= 0.3 is 21.7 Å². The number of benzene rings is 3. The second-order valence-corrected chi connectivity index (χ2v) is 15.5. The Balaban J connectivity index is 0.00000162. The van der Waals surface area contributed by atoms with E-state index >= 15 is 0 Å². The van der Waals surface area contributed by atoms with Gasteiger partial charge in [-0.15, -0.1) is 17.3 Å². The maximum absolute atomic E-state index is 5.90. The first-order chi connectivity index (χ1) is 15.3. The Bertz CT molecular complexity index is 1040. The Kier molecular flexibility index (Phi) is 11.6. The fourth-order valence-electron chi connectivity index (χ4n) is 6.38. The molecule has 1 saturated carbocycles. The van der Waals surface area contributed by atoms with Crippen LogP contribution in [0.3, 0.4) is 0 Å². The van der Waals surface area contributed by atoms with E-state index in [1.54, 1.807) is 5.56 Å². The standard InChI is InChI=1S/C29H34NSSi.3CH3.Ti/c1-20-21(2)28(27-26(20)24-18-12-13-19-25(24)31-27)32(30-29(3,4)5,22-14-8-6-9-15-22)23-16-10-7-11-17-23;;;;/h6-21,26-28H,1-5H3;3*1H3;/q4*-1;+4. The first-order valence-electron chi connectivity index (χ1n) is 11.9. The zero-order valence-corrected chi connectivity index (χ0v) is 26.7. The third-order valence-electron chi connectivity index (χ3n) is 7.63. The van der Waals surface area contributed by atoms with Crippen LogP contribution in [0.4, 0.5) is 0 Å². The third kappa shape index (κ3) is 5.52. The van der Waals surface area contributed by atoms with Gasteiger partial charge in [-0.1, -0.05) is 124 Å². The van der Waals surface area contributed by atoms with E-state index in [4.69, 9.17) is 4.98 Å². The van der Waals surface area contributed by atoms with Gasteiger partial charge in [-0.25, -0.2) is 0 Å². The summed E-state index contributed by atoms with van der Waals surface area (Å²) in [6, 6.07) is 31.8. The number of hydrogen-bond donors (Lipinski definition) is 0. The van der Waals surface area contributed by atoms with Gasteiger partial charge in [0.25, 0.3) is 0 Å². The minimum Gasteiger partial charge on any atom is -0.652 e. The van der Waals surface area contributed by atoms with Crippen molar-refractivity contribution in [2.75, 3.05) is 0 Å². The smallest absolute Gasteiger partial charge is 0.652 e. The fourth-order valence-corrected chi connectivity index (χ4v) is 14.6. The maximum atomic E-state index is 5.90. The van der Waals surface area contributed by atoms with Crippen LogP contribution in [-0.4, -0.2) is 19.0 Å². The largest absolute Gasteiger partial charge is 4.00 e. The second-order valence-electron chi connectivity index (χ2n) is 10.7. The molecular weight excluding hydrogens is 506 g/mol. The minimum absolute atomic E-state index is 0. The quantitative estimate of drug-likeness (QED) is 0.236. The van der Waals surface area contributed by atoms with Gasteiger partial charge < -0.3 is 27.3 Å². The van der Waals surface area contributed by atoms with Crippen molar-refractivity contribution < 1.29 is 21.7 Å². The van der Waals surface area contributed by atoms with Gasteiger partial charge in [-0.05, 0) is 34.9 Å². The van der Waals surface area contributed by atoms with Crippen LogP contribution in [-0.2, 0) is 21.7 Å². The molecule has 0 N–H and O–H groups in total. The van der Waals surface area contributed by atoms with Crippen molar-refractivity contribution >= 4 is 30.4 Å². The molecule has 1 fully saturated rings. The predicted octanol–water partition coefficient (Wildman–Crippen LogP) is 8.18. The van der Waals surface area contributed by atoms with Crippen LogP contribution in [0, 0.1) is 34.1 Å². The van der Waals surface area contributed by atoms with E-state index in [-0.39, 0.29) is 49.5 Å². The number of rotatable bonds is 4. The molecule has 0 spiro atoms. The zero-order valence-electron chi connectivity index (χ0n) is 23.3. The number of hydrogen-bond acceptors (Lipinski definition) is 1. The van der Waals surface area contributed by atoms with Crippen LogP contribution in [0.15, 0.2) is 89.8 Å². The van der Waals surface area contributed by atoms with Gasteiger partial charge in [0.05, 0.1) is 0 Å². The Morgan fingerprint density at radius 1 is 0.694 bits per heavy atom. The molecule has 0 aromatic heterocycles. The van der Waals surface area contributed by atoms with E-state index in [0.29, 0.717) is 28.5 Å². The molecule has 0 bridgehead atoms. The number of fused-ring (bicyclic) bond motifs is 3. The molecule has 5 atom stereocenters. The van der Waals surface area contributed by atoms with Crippen molar-refractivity contribution in [1.29, 1.82) is 0 Å². The molecule has 3 aromatic carbocycles. The summed E-state index contributed by atoms with van der Waals surface area (Å²) in [5, 5.41) is 3.50. The molecule has 1 nitrogen and oxygen atoms in total. The van der Waals surface area contributed by atoms with Gasteiger partial charge in [-0.2, -0.15) is 0 Å². The van der Waals surface area contributed by atoms with Gasteiger partial charge in [0.1, 0.15) is 0 Å². The molecular formula is C32H43NSSiTi. The molecule has 0 saturated heterocycles. The second kappa shape index (κ2) is 12.6. The average Bonchev–Trinajstić information content (AvgIpc) is 3.27. The molecule has 36 heavy (non-hydrogen) atoms. The summed E-state index contributed by atoms with van der Waals surface area (Å²) in [4.78, 5) is 7.39. The van der Waals surface area contributed by atoms with Crippen molar-refractivity contribution in [2.45, 2.75) is 61.8 Å².